The maximum Gasteiger partial charge on any atom is 0.206 e. The Hall–Kier alpha value is -0.840. The highest BCUT2D eigenvalue weighted by Crippen LogP contribution is 2.56. The molecule has 0 amide bonds. The Morgan fingerprint density at radius 2 is 2.00 bits per heavy atom. The van der Waals surface area contributed by atoms with Gasteiger partial charge in [-0.2, -0.15) is 0 Å². The fourth-order valence-corrected chi connectivity index (χ4v) is 3.87. The number of aryl methyl sites for hydroxylation is 1. The summed E-state index contributed by atoms with van der Waals surface area (Å²) >= 11 is 13.6. The molecule has 0 aromatic heterocycles. The molecule has 0 N–H and O–H groups in total. The Balaban J connectivity index is 2.48. The lowest BCUT2D eigenvalue weighted by Gasteiger charge is -2.30. The van der Waals surface area contributed by atoms with Crippen molar-refractivity contribution in [3.63, 3.8) is 0 Å². The average molecular weight is 303 g/mol. The number of aliphatic carboxylic acids is 1. The van der Waals surface area contributed by atoms with Gasteiger partial charge in [0.2, 0.25) is 4.33 Å². The fraction of sp³-hybridized carbons (Fsp3) is 0.250. The molecule has 96 valence electrons. The molecular formula is C12H10Cl2NO2S-. The number of carbonyl (C=O) groups excluding carboxylic acids is 1. The first-order valence-corrected chi connectivity index (χ1v) is 6.73. The van der Waals surface area contributed by atoms with Crippen molar-refractivity contribution in [3.8, 4) is 0 Å². The number of carboxylic acid groups (broad SMARTS) is 1. The standard InChI is InChI=1S/C12H11Cl2NO2S/c1-7-5-3-4-6-9(7)12(13)15(14)8(2)10(18-12)11(16)17/h3-6H,1-2H3,(H,16,17)/p-1. The maximum absolute atomic E-state index is 11.0. The van der Waals surface area contributed by atoms with Gasteiger partial charge < -0.3 is 9.90 Å². The lowest BCUT2D eigenvalue weighted by Crippen LogP contribution is -2.27. The monoisotopic (exact) mass is 302 g/mol. The molecule has 0 fully saturated rings. The molecule has 1 aromatic carbocycles. The molecule has 0 spiro atoms. The SMILES string of the molecule is CC1=C(C(=O)[O-])SC(Cl)(c2ccccc2C)N1Cl. The lowest BCUT2D eigenvalue weighted by molar-refractivity contribution is -0.298. The summed E-state index contributed by atoms with van der Waals surface area (Å²) in [6, 6.07) is 7.45. The van der Waals surface area contributed by atoms with Crippen LogP contribution in [0.3, 0.4) is 0 Å². The summed E-state index contributed by atoms with van der Waals surface area (Å²) in [6.07, 6.45) is 0. The smallest absolute Gasteiger partial charge is 0.206 e. The number of rotatable bonds is 2. The number of hydrogen-bond acceptors (Lipinski definition) is 4. The summed E-state index contributed by atoms with van der Waals surface area (Å²) in [5.41, 5.74) is 2.10. The van der Waals surface area contributed by atoms with E-state index in [1.54, 1.807) is 6.92 Å². The minimum absolute atomic E-state index is 0.0586. The van der Waals surface area contributed by atoms with Gasteiger partial charge in [-0.1, -0.05) is 47.6 Å². The molecule has 0 saturated carbocycles. The highest BCUT2D eigenvalue weighted by molar-refractivity contribution is 8.06. The Bertz CT molecular complexity index is 547. The Labute approximate surface area is 119 Å². The fourth-order valence-electron chi connectivity index (χ4n) is 1.82. The van der Waals surface area contributed by atoms with E-state index in [0.29, 0.717) is 5.70 Å². The van der Waals surface area contributed by atoms with Gasteiger partial charge >= 0.3 is 0 Å². The van der Waals surface area contributed by atoms with Gasteiger partial charge in [0.25, 0.3) is 0 Å². The van der Waals surface area contributed by atoms with Crippen LogP contribution in [0.15, 0.2) is 34.9 Å². The molecule has 1 aliphatic heterocycles. The van der Waals surface area contributed by atoms with Gasteiger partial charge in [0.15, 0.2) is 0 Å². The minimum Gasteiger partial charge on any atom is -0.544 e. The van der Waals surface area contributed by atoms with Crippen LogP contribution < -0.4 is 5.11 Å². The maximum atomic E-state index is 11.0. The Morgan fingerprint density at radius 1 is 1.39 bits per heavy atom. The van der Waals surface area contributed by atoms with E-state index in [1.807, 2.05) is 31.2 Å². The number of benzene rings is 1. The first-order valence-electron chi connectivity index (χ1n) is 5.20. The lowest BCUT2D eigenvalue weighted by atomic mass is 10.1. The number of allylic oxidation sites excluding steroid dienone is 1. The summed E-state index contributed by atoms with van der Waals surface area (Å²) in [5.74, 6) is -1.26. The molecule has 1 unspecified atom stereocenters. The molecule has 6 heteroatoms. The predicted molar refractivity (Wildman–Crippen MR) is 71.7 cm³/mol. The van der Waals surface area contributed by atoms with Gasteiger partial charge in [0.05, 0.1) is 10.9 Å². The Kier molecular flexibility index (Phi) is 3.54. The second-order valence-electron chi connectivity index (χ2n) is 3.96. The van der Waals surface area contributed by atoms with Crippen LogP contribution in [0.1, 0.15) is 18.1 Å². The zero-order chi connectivity index (χ0) is 13.5. The minimum atomic E-state index is -1.26. The van der Waals surface area contributed by atoms with E-state index in [0.717, 1.165) is 22.9 Å². The van der Waals surface area contributed by atoms with Crippen LogP contribution in [0.2, 0.25) is 0 Å². The third-order valence-electron chi connectivity index (χ3n) is 2.78. The van der Waals surface area contributed by atoms with Crippen molar-refractivity contribution in [3.05, 3.63) is 46.0 Å². The summed E-state index contributed by atoms with van der Waals surface area (Å²) in [4.78, 5) is 11.1. The molecule has 18 heavy (non-hydrogen) atoms. The van der Waals surface area contributed by atoms with Gasteiger partial charge in [-0.3, -0.25) is 4.42 Å². The van der Waals surface area contributed by atoms with E-state index in [9.17, 15) is 9.90 Å². The van der Waals surface area contributed by atoms with Crippen molar-refractivity contribution >= 4 is 41.1 Å². The quantitative estimate of drug-likeness (QED) is 0.478. The molecule has 1 aliphatic rings. The van der Waals surface area contributed by atoms with Crippen molar-refractivity contribution in [2.45, 2.75) is 18.2 Å². The van der Waals surface area contributed by atoms with Crippen molar-refractivity contribution in [1.29, 1.82) is 0 Å². The van der Waals surface area contributed by atoms with E-state index < -0.39 is 10.3 Å². The van der Waals surface area contributed by atoms with E-state index >= 15 is 0 Å². The number of halogens is 2. The van der Waals surface area contributed by atoms with E-state index in [-0.39, 0.29) is 4.91 Å². The summed E-state index contributed by atoms with van der Waals surface area (Å²) in [5, 5.41) is 11.0. The van der Waals surface area contributed by atoms with Gasteiger partial charge in [0, 0.05) is 23.0 Å². The number of nitrogens with zero attached hydrogens (tertiary/aromatic N) is 1. The molecule has 1 aromatic rings. The summed E-state index contributed by atoms with van der Waals surface area (Å²) in [6.45, 7) is 3.50. The van der Waals surface area contributed by atoms with Gasteiger partial charge in [0.1, 0.15) is 0 Å². The number of carboxylic acids is 1. The van der Waals surface area contributed by atoms with Crippen LogP contribution in [0.4, 0.5) is 0 Å². The highest BCUT2D eigenvalue weighted by atomic mass is 35.5. The third-order valence-corrected chi connectivity index (χ3v) is 5.41. The van der Waals surface area contributed by atoms with Crippen molar-refractivity contribution < 1.29 is 9.90 Å². The highest BCUT2D eigenvalue weighted by Gasteiger charge is 2.45. The summed E-state index contributed by atoms with van der Waals surface area (Å²) < 4.78 is 0.0963. The van der Waals surface area contributed by atoms with Crippen LogP contribution >= 0.6 is 35.1 Å². The average Bonchev–Trinajstić information content (AvgIpc) is 2.55. The van der Waals surface area contributed by atoms with Crippen LogP contribution in [0.5, 0.6) is 0 Å². The molecule has 0 bridgehead atoms. The molecule has 3 nitrogen and oxygen atoms in total. The molecule has 1 heterocycles. The van der Waals surface area contributed by atoms with Gasteiger partial charge in [-0.05, 0) is 19.4 Å². The number of thioether (sulfide) groups is 1. The topological polar surface area (TPSA) is 43.4 Å². The number of hydrogen-bond donors (Lipinski definition) is 0. The molecule has 2 rings (SSSR count). The number of alkyl halides is 1. The normalized spacial score (nSPS) is 23.7. The van der Waals surface area contributed by atoms with Gasteiger partial charge in [-0.25, -0.2) is 0 Å². The second-order valence-corrected chi connectivity index (χ2v) is 6.27. The molecule has 0 aliphatic carbocycles. The van der Waals surface area contributed by atoms with E-state index in [2.05, 4.69) is 0 Å². The predicted octanol–water partition coefficient (Wildman–Crippen LogP) is 2.53. The Morgan fingerprint density at radius 3 is 2.50 bits per heavy atom. The second kappa shape index (κ2) is 4.68. The molecule has 1 atom stereocenters. The number of carbonyl (C=O) groups is 1. The molecule has 0 saturated heterocycles. The van der Waals surface area contributed by atoms with Crippen LogP contribution in [-0.4, -0.2) is 10.4 Å². The third kappa shape index (κ3) is 1.98. The van der Waals surface area contributed by atoms with E-state index in [4.69, 9.17) is 23.4 Å². The van der Waals surface area contributed by atoms with Crippen molar-refractivity contribution in [2.75, 3.05) is 0 Å². The zero-order valence-electron chi connectivity index (χ0n) is 9.74. The molecule has 0 radical (unpaired) electrons. The molecular weight excluding hydrogens is 293 g/mol. The van der Waals surface area contributed by atoms with Crippen LogP contribution in [0.25, 0.3) is 0 Å². The van der Waals surface area contributed by atoms with Crippen molar-refractivity contribution in [2.24, 2.45) is 0 Å². The van der Waals surface area contributed by atoms with E-state index in [1.165, 1.54) is 4.42 Å². The van der Waals surface area contributed by atoms with Crippen LogP contribution in [-0.2, 0) is 9.12 Å². The van der Waals surface area contributed by atoms with Crippen LogP contribution in [0, 0.1) is 6.92 Å². The van der Waals surface area contributed by atoms with Crippen molar-refractivity contribution in [1.82, 2.24) is 4.42 Å². The largest absolute Gasteiger partial charge is 0.544 e. The zero-order valence-corrected chi connectivity index (χ0v) is 12.1. The summed E-state index contributed by atoms with van der Waals surface area (Å²) in [7, 11) is 0. The first-order chi connectivity index (χ1) is 8.38. The first kappa shape index (κ1) is 13.6. The van der Waals surface area contributed by atoms with Gasteiger partial charge in [-0.15, -0.1) is 0 Å².